The van der Waals surface area contributed by atoms with E-state index in [0.717, 1.165) is 0 Å². The van der Waals surface area contributed by atoms with Crippen molar-refractivity contribution in [1.29, 1.82) is 0 Å². The molecule has 0 spiro atoms. The van der Waals surface area contributed by atoms with Crippen LogP contribution in [0.15, 0.2) is 0 Å². The van der Waals surface area contributed by atoms with Gasteiger partial charge in [-0.05, 0) is 6.42 Å². The molecule has 1 unspecified atom stereocenters. The van der Waals surface area contributed by atoms with Crippen molar-refractivity contribution in [2.24, 2.45) is 0 Å². The largest absolute Gasteiger partial charge is 0.393 e. The van der Waals surface area contributed by atoms with Gasteiger partial charge in [0.1, 0.15) is 0 Å². The fourth-order valence-corrected chi connectivity index (χ4v) is 2.25. The minimum absolute atomic E-state index is 0.0513. The summed E-state index contributed by atoms with van der Waals surface area (Å²) < 4.78 is -0.170. The second-order valence-corrected chi connectivity index (χ2v) is 7.94. The van der Waals surface area contributed by atoms with Crippen LogP contribution in [0.4, 0.5) is 0 Å². The number of aliphatic hydroxyl groups excluding tert-OH is 1. The van der Waals surface area contributed by atoms with Crippen LogP contribution < -0.4 is 0 Å². The number of hydrogen-bond donors (Lipinski definition) is 1. The lowest BCUT2D eigenvalue weighted by atomic mass is 9.96. The molecule has 0 fully saturated rings. The molecule has 0 aliphatic rings. The lowest BCUT2D eigenvalue weighted by Gasteiger charge is -2.19. The van der Waals surface area contributed by atoms with Crippen molar-refractivity contribution in [2.75, 3.05) is 0 Å². The van der Waals surface area contributed by atoms with E-state index < -0.39 is 11.6 Å². The number of nitrogens with zero attached hydrogens (tertiary/aromatic N) is 1. The molecule has 0 aromatic carbocycles. The molecule has 1 atom stereocenters. The summed E-state index contributed by atoms with van der Waals surface area (Å²) in [5.41, 5.74) is -1.05. The van der Waals surface area contributed by atoms with Crippen LogP contribution in [-0.2, 0) is 4.79 Å². The molecule has 0 radical (unpaired) electrons. The Bertz CT molecular complexity index is 310. The molecule has 0 heterocycles. The Morgan fingerprint density at radius 2 is 1.83 bits per heavy atom. The van der Waals surface area contributed by atoms with Crippen molar-refractivity contribution in [3.63, 3.8) is 0 Å². The number of nitro groups is 1. The summed E-state index contributed by atoms with van der Waals surface area (Å²) >= 11 is 1.19. The quantitative estimate of drug-likeness (QED) is 0.596. The van der Waals surface area contributed by atoms with E-state index in [1.165, 1.54) is 25.6 Å². The van der Waals surface area contributed by atoms with Gasteiger partial charge in [-0.3, -0.25) is 14.9 Å². The third-order valence-electron chi connectivity index (χ3n) is 2.41. The van der Waals surface area contributed by atoms with Crippen molar-refractivity contribution >= 4 is 16.9 Å². The standard InChI is InChI=1S/C12H23NO4S/c1-11(2,3)18-10(15)8-9(14)6-7-12(4,5)13(16)17/h9,14H,6-8H2,1-5H3. The van der Waals surface area contributed by atoms with E-state index in [4.69, 9.17) is 0 Å². The second-order valence-electron chi connectivity index (χ2n) is 6.05. The van der Waals surface area contributed by atoms with Gasteiger partial charge in [0.25, 0.3) is 0 Å². The molecule has 0 amide bonds. The molecule has 18 heavy (non-hydrogen) atoms. The molecule has 0 aromatic rings. The Kier molecular flexibility index (Phi) is 6.29. The van der Waals surface area contributed by atoms with E-state index in [1.54, 1.807) is 0 Å². The molecule has 1 N–H and O–H groups in total. The average Bonchev–Trinajstić information content (AvgIpc) is 2.11. The van der Waals surface area contributed by atoms with Crippen molar-refractivity contribution in [3.05, 3.63) is 10.1 Å². The van der Waals surface area contributed by atoms with Gasteiger partial charge in [-0.25, -0.2) is 0 Å². The van der Waals surface area contributed by atoms with Gasteiger partial charge in [0.2, 0.25) is 5.54 Å². The summed E-state index contributed by atoms with van der Waals surface area (Å²) in [6, 6.07) is 0. The van der Waals surface area contributed by atoms with Crippen LogP contribution in [-0.4, -0.2) is 31.5 Å². The highest BCUT2D eigenvalue weighted by Gasteiger charge is 2.31. The Morgan fingerprint density at radius 3 is 2.22 bits per heavy atom. The van der Waals surface area contributed by atoms with Crippen molar-refractivity contribution in [1.82, 2.24) is 0 Å². The van der Waals surface area contributed by atoms with Gasteiger partial charge in [0.05, 0.1) is 6.10 Å². The Labute approximate surface area is 112 Å². The minimum atomic E-state index is -1.05. The summed E-state index contributed by atoms with van der Waals surface area (Å²) in [6.07, 6.45) is -0.221. The molecule has 0 aromatic heterocycles. The van der Waals surface area contributed by atoms with Crippen LogP contribution in [0.5, 0.6) is 0 Å². The highest BCUT2D eigenvalue weighted by atomic mass is 32.2. The van der Waals surface area contributed by atoms with E-state index >= 15 is 0 Å². The molecule has 0 bridgehead atoms. The number of thioether (sulfide) groups is 1. The molecule has 6 heteroatoms. The topological polar surface area (TPSA) is 80.4 Å². The van der Waals surface area contributed by atoms with Gasteiger partial charge in [-0.1, -0.05) is 32.5 Å². The van der Waals surface area contributed by atoms with Crippen molar-refractivity contribution in [2.45, 2.75) is 70.3 Å². The van der Waals surface area contributed by atoms with E-state index in [0.29, 0.717) is 0 Å². The highest BCUT2D eigenvalue weighted by Crippen LogP contribution is 2.26. The zero-order valence-corrected chi connectivity index (χ0v) is 12.5. The Morgan fingerprint density at radius 1 is 1.33 bits per heavy atom. The second kappa shape index (κ2) is 6.52. The van der Waals surface area contributed by atoms with Crippen LogP contribution >= 0.6 is 11.8 Å². The van der Waals surface area contributed by atoms with Gasteiger partial charge >= 0.3 is 0 Å². The molecular weight excluding hydrogens is 254 g/mol. The van der Waals surface area contributed by atoms with E-state index in [2.05, 4.69) is 0 Å². The summed E-state index contributed by atoms with van der Waals surface area (Å²) in [5.74, 6) is 0. The predicted octanol–water partition coefficient (Wildman–Crippen LogP) is 2.63. The van der Waals surface area contributed by atoms with Gasteiger partial charge in [-0.15, -0.1) is 0 Å². The molecule has 0 saturated heterocycles. The number of aliphatic hydroxyl groups is 1. The van der Waals surface area contributed by atoms with E-state index in [1.807, 2.05) is 20.8 Å². The van der Waals surface area contributed by atoms with E-state index in [9.17, 15) is 20.0 Å². The maximum absolute atomic E-state index is 11.6. The lowest BCUT2D eigenvalue weighted by molar-refractivity contribution is -0.561. The molecule has 0 saturated carbocycles. The third kappa shape index (κ3) is 7.66. The SMILES string of the molecule is CC(C)(C)SC(=O)CC(O)CCC(C)(C)[N+](=O)[O-]. The van der Waals surface area contributed by atoms with Crippen molar-refractivity contribution in [3.8, 4) is 0 Å². The average molecular weight is 277 g/mol. The maximum Gasteiger partial charge on any atom is 0.216 e. The monoisotopic (exact) mass is 277 g/mol. The summed E-state index contributed by atoms with van der Waals surface area (Å²) in [4.78, 5) is 21.9. The molecule has 5 nitrogen and oxygen atoms in total. The Balaban J connectivity index is 4.10. The first-order valence-electron chi connectivity index (χ1n) is 5.98. The van der Waals surface area contributed by atoms with E-state index in [-0.39, 0.29) is 34.0 Å². The third-order valence-corrected chi connectivity index (χ3v) is 3.41. The van der Waals surface area contributed by atoms with Crippen LogP contribution in [0.2, 0.25) is 0 Å². The molecule has 106 valence electrons. The smallest absolute Gasteiger partial charge is 0.216 e. The zero-order chi connectivity index (χ0) is 14.6. The Hall–Kier alpha value is -0.620. The van der Waals surface area contributed by atoms with Gasteiger partial charge < -0.3 is 5.11 Å². The van der Waals surface area contributed by atoms with Crippen molar-refractivity contribution < 1.29 is 14.8 Å². The molecular formula is C12H23NO4S. The first kappa shape index (κ1) is 17.4. The molecule has 0 aliphatic heterocycles. The van der Waals surface area contributed by atoms with Crippen LogP contribution in [0, 0.1) is 10.1 Å². The fraction of sp³-hybridized carbons (Fsp3) is 0.917. The number of hydrogen-bond acceptors (Lipinski definition) is 5. The van der Waals surface area contributed by atoms with Crippen LogP contribution in [0.1, 0.15) is 53.9 Å². The molecule has 0 rings (SSSR count). The zero-order valence-electron chi connectivity index (χ0n) is 11.7. The number of rotatable bonds is 6. The lowest BCUT2D eigenvalue weighted by Crippen LogP contribution is -2.32. The van der Waals surface area contributed by atoms with Gasteiger partial charge in [0, 0.05) is 36.4 Å². The summed E-state index contributed by atoms with van der Waals surface area (Å²) in [7, 11) is 0. The summed E-state index contributed by atoms with van der Waals surface area (Å²) in [6.45, 7) is 8.82. The predicted molar refractivity (Wildman–Crippen MR) is 73.3 cm³/mol. The van der Waals surface area contributed by atoms with Crippen LogP contribution in [0.3, 0.4) is 0 Å². The number of carbonyl (C=O) groups excluding carboxylic acids is 1. The first-order valence-corrected chi connectivity index (χ1v) is 6.80. The van der Waals surface area contributed by atoms with Gasteiger partial charge in [-0.2, -0.15) is 0 Å². The molecule has 0 aliphatic carbocycles. The van der Waals surface area contributed by atoms with Gasteiger partial charge in [0.15, 0.2) is 5.12 Å². The minimum Gasteiger partial charge on any atom is -0.393 e. The maximum atomic E-state index is 11.6. The summed E-state index contributed by atoms with van der Waals surface area (Å²) in [5, 5.41) is 20.3. The first-order chi connectivity index (χ1) is 7.94. The highest BCUT2D eigenvalue weighted by molar-refractivity contribution is 8.14. The normalized spacial score (nSPS) is 14.3. The fourth-order valence-electron chi connectivity index (χ4n) is 1.29. The van der Waals surface area contributed by atoms with Crippen LogP contribution in [0.25, 0.3) is 0 Å². The number of carbonyl (C=O) groups is 1.